The van der Waals surface area contributed by atoms with E-state index in [4.69, 9.17) is 9.84 Å². The summed E-state index contributed by atoms with van der Waals surface area (Å²) in [6.07, 6.45) is 0.127. The molecule has 0 saturated carbocycles. The summed E-state index contributed by atoms with van der Waals surface area (Å²) in [5.74, 6) is 0.482. The number of carbonyl (C=O) groups is 1. The maximum absolute atomic E-state index is 10.6. The van der Waals surface area contributed by atoms with Crippen LogP contribution in [0.25, 0.3) is 0 Å². The van der Waals surface area contributed by atoms with E-state index in [2.05, 4.69) is 15.3 Å². The van der Waals surface area contributed by atoms with E-state index in [0.717, 1.165) is 0 Å². The smallest absolute Gasteiger partial charge is 0.410 e. The molecule has 0 aliphatic rings. The van der Waals surface area contributed by atoms with Crippen molar-refractivity contribution in [3.8, 4) is 11.5 Å². The van der Waals surface area contributed by atoms with Crippen LogP contribution in [0, 0.1) is 17.0 Å². The molecule has 1 amide bonds. The lowest BCUT2D eigenvalue weighted by atomic mass is 10.3. The predicted octanol–water partition coefficient (Wildman–Crippen LogP) is 2.58. The molecule has 2 N–H and O–H groups in total. The monoisotopic (exact) mass is 290 g/mol. The molecule has 0 spiro atoms. The fourth-order valence-corrected chi connectivity index (χ4v) is 1.52. The highest BCUT2D eigenvalue weighted by Gasteiger charge is 2.13. The zero-order valence-corrected chi connectivity index (χ0v) is 10.8. The van der Waals surface area contributed by atoms with Gasteiger partial charge in [-0.1, -0.05) is 0 Å². The van der Waals surface area contributed by atoms with Gasteiger partial charge in [-0.15, -0.1) is 0 Å². The third-order valence-corrected chi connectivity index (χ3v) is 2.40. The van der Waals surface area contributed by atoms with Gasteiger partial charge in [0.15, 0.2) is 11.4 Å². The number of rotatable bonds is 4. The lowest BCUT2D eigenvalue weighted by molar-refractivity contribution is -0.389. The lowest BCUT2D eigenvalue weighted by Crippen LogP contribution is -2.08. The van der Waals surface area contributed by atoms with Crippen molar-refractivity contribution in [1.29, 1.82) is 0 Å². The molecular weight excluding hydrogens is 280 g/mol. The Hall–Kier alpha value is -3.23. The molecule has 2 heterocycles. The summed E-state index contributed by atoms with van der Waals surface area (Å²) in [7, 11) is 0. The molecule has 0 aliphatic carbocycles. The maximum atomic E-state index is 10.6. The maximum Gasteiger partial charge on any atom is 0.410 e. The summed E-state index contributed by atoms with van der Waals surface area (Å²) in [6, 6.07) is 5.55. The van der Waals surface area contributed by atoms with E-state index in [1.807, 2.05) is 0 Å². The Morgan fingerprint density at radius 2 is 2.19 bits per heavy atom. The van der Waals surface area contributed by atoms with Gasteiger partial charge in [0.1, 0.15) is 11.6 Å². The standard InChI is InChI=1S/C12H10N4O5/c1-7-9(2-3-11(14-7)16(19)20)21-8-4-5-13-10(6-8)15-12(17)18/h2-6H,1H3,(H,13,15)(H,17,18). The molecule has 108 valence electrons. The van der Waals surface area contributed by atoms with Crippen LogP contribution in [-0.2, 0) is 0 Å². The quantitative estimate of drug-likeness (QED) is 0.654. The number of hydrogen-bond acceptors (Lipinski definition) is 6. The number of nitrogens with one attached hydrogen (secondary N) is 1. The lowest BCUT2D eigenvalue weighted by Gasteiger charge is -2.07. The number of ether oxygens (including phenoxy) is 1. The van der Waals surface area contributed by atoms with Gasteiger partial charge in [-0.05, 0) is 22.0 Å². The van der Waals surface area contributed by atoms with E-state index in [1.54, 1.807) is 6.92 Å². The molecule has 9 heteroatoms. The van der Waals surface area contributed by atoms with Gasteiger partial charge in [-0.3, -0.25) is 5.32 Å². The highest BCUT2D eigenvalue weighted by molar-refractivity contribution is 5.81. The Kier molecular flexibility index (Phi) is 3.93. The van der Waals surface area contributed by atoms with Crippen molar-refractivity contribution in [3.05, 3.63) is 46.3 Å². The first-order chi connectivity index (χ1) is 9.95. The molecule has 2 aromatic rings. The van der Waals surface area contributed by atoms with Gasteiger partial charge in [0, 0.05) is 25.3 Å². The number of aryl methyl sites for hydroxylation is 1. The Labute approximate surface area is 118 Å². The predicted molar refractivity (Wildman–Crippen MR) is 71.6 cm³/mol. The Balaban J connectivity index is 2.22. The second-order valence-corrected chi connectivity index (χ2v) is 3.92. The highest BCUT2D eigenvalue weighted by atomic mass is 16.6. The summed E-state index contributed by atoms with van der Waals surface area (Å²) < 4.78 is 5.51. The van der Waals surface area contributed by atoms with Crippen molar-refractivity contribution in [2.45, 2.75) is 6.92 Å². The SMILES string of the molecule is Cc1nc([N+](=O)[O-])ccc1Oc1ccnc(NC(=O)O)c1. The van der Waals surface area contributed by atoms with Gasteiger partial charge in [-0.2, -0.15) is 0 Å². The molecule has 0 unspecified atom stereocenters. The summed E-state index contributed by atoms with van der Waals surface area (Å²) in [5, 5.41) is 21.3. The molecule has 2 aromatic heterocycles. The average Bonchev–Trinajstić information content (AvgIpc) is 2.40. The molecule has 9 nitrogen and oxygen atoms in total. The van der Waals surface area contributed by atoms with Crippen molar-refractivity contribution in [2.24, 2.45) is 0 Å². The number of pyridine rings is 2. The fourth-order valence-electron chi connectivity index (χ4n) is 1.52. The first kappa shape index (κ1) is 14.2. The Morgan fingerprint density at radius 1 is 1.43 bits per heavy atom. The van der Waals surface area contributed by atoms with Crippen LogP contribution in [0.15, 0.2) is 30.5 Å². The third-order valence-electron chi connectivity index (χ3n) is 2.40. The second-order valence-electron chi connectivity index (χ2n) is 3.92. The minimum Gasteiger partial charge on any atom is -0.465 e. The molecule has 0 saturated heterocycles. The van der Waals surface area contributed by atoms with E-state index in [9.17, 15) is 14.9 Å². The first-order valence-electron chi connectivity index (χ1n) is 5.71. The zero-order valence-electron chi connectivity index (χ0n) is 10.8. The third kappa shape index (κ3) is 3.62. The van der Waals surface area contributed by atoms with Crippen molar-refractivity contribution in [1.82, 2.24) is 9.97 Å². The summed E-state index contributed by atoms with van der Waals surface area (Å²) >= 11 is 0. The largest absolute Gasteiger partial charge is 0.465 e. The van der Waals surface area contributed by atoms with Gasteiger partial charge in [-0.25, -0.2) is 9.78 Å². The van der Waals surface area contributed by atoms with E-state index in [1.165, 1.54) is 30.5 Å². The first-order valence-corrected chi connectivity index (χ1v) is 5.71. The van der Waals surface area contributed by atoms with Crippen LogP contribution in [0.3, 0.4) is 0 Å². The molecule has 0 bridgehead atoms. The summed E-state index contributed by atoms with van der Waals surface area (Å²) in [6.45, 7) is 1.57. The highest BCUT2D eigenvalue weighted by Crippen LogP contribution is 2.26. The average molecular weight is 290 g/mol. The number of carboxylic acid groups (broad SMARTS) is 1. The summed E-state index contributed by atoms with van der Waals surface area (Å²) in [4.78, 5) is 28.1. The number of nitro groups is 1. The van der Waals surface area contributed by atoms with Crippen molar-refractivity contribution in [2.75, 3.05) is 5.32 Å². The molecule has 21 heavy (non-hydrogen) atoms. The van der Waals surface area contributed by atoms with Crippen molar-refractivity contribution < 1.29 is 19.6 Å². The van der Waals surface area contributed by atoms with Gasteiger partial charge in [0.05, 0.1) is 0 Å². The number of anilines is 1. The minimum absolute atomic E-state index is 0.104. The van der Waals surface area contributed by atoms with Crippen LogP contribution in [0.1, 0.15) is 5.69 Å². The van der Waals surface area contributed by atoms with Crippen LogP contribution in [0.2, 0.25) is 0 Å². The van der Waals surface area contributed by atoms with Gasteiger partial charge in [0.25, 0.3) is 0 Å². The van der Waals surface area contributed by atoms with Gasteiger partial charge < -0.3 is 20.0 Å². The fraction of sp³-hybridized carbons (Fsp3) is 0.0833. The minimum atomic E-state index is -1.24. The van der Waals surface area contributed by atoms with E-state index >= 15 is 0 Å². The van der Waals surface area contributed by atoms with E-state index in [0.29, 0.717) is 17.2 Å². The zero-order chi connectivity index (χ0) is 15.4. The molecule has 0 fully saturated rings. The van der Waals surface area contributed by atoms with Crippen molar-refractivity contribution in [3.63, 3.8) is 0 Å². The summed E-state index contributed by atoms with van der Waals surface area (Å²) in [5.41, 5.74) is 0.341. The van der Waals surface area contributed by atoms with Gasteiger partial charge >= 0.3 is 11.9 Å². The normalized spacial score (nSPS) is 9.95. The number of hydrogen-bond donors (Lipinski definition) is 2. The van der Waals surface area contributed by atoms with E-state index < -0.39 is 11.0 Å². The van der Waals surface area contributed by atoms with Crippen molar-refractivity contribution >= 4 is 17.7 Å². The number of aromatic nitrogens is 2. The Morgan fingerprint density at radius 3 is 2.81 bits per heavy atom. The molecule has 2 rings (SSSR count). The van der Waals surface area contributed by atoms with Gasteiger partial charge in [0.2, 0.25) is 0 Å². The van der Waals surface area contributed by atoms with Crippen LogP contribution < -0.4 is 10.1 Å². The molecule has 0 radical (unpaired) electrons. The molecule has 0 atom stereocenters. The topological polar surface area (TPSA) is 127 Å². The van der Waals surface area contributed by atoms with Crippen LogP contribution in [-0.4, -0.2) is 26.1 Å². The Bertz CT molecular complexity index is 704. The molecule has 0 aliphatic heterocycles. The van der Waals surface area contributed by atoms with Crippen LogP contribution in [0.5, 0.6) is 11.5 Å². The van der Waals surface area contributed by atoms with Crippen LogP contribution >= 0.6 is 0 Å². The second kappa shape index (κ2) is 5.82. The van der Waals surface area contributed by atoms with E-state index in [-0.39, 0.29) is 11.6 Å². The van der Waals surface area contributed by atoms with Crippen LogP contribution in [0.4, 0.5) is 16.4 Å². The molecular formula is C12H10N4O5. The number of amides is 1. The number of nitrogens with zero attached hydrogens (tertiary/aromatic N) is 3. The molecule has 0 aromatic carbocycles.